The largest absolute Gasteiger partial charge is 0.394 e. The predicted octanol–water partition coefficient (Wildman–Crippen LogP) is 3.87. The Kier molecular flexibility index (Phi) is 5.83. The smallest absolute Gasteiger partial charge is 0.153 e. The van der Waals surface area contributed by atoms with Crippen molar-refractivity contribution in [3.63, 3.8) is 0 Å². The number of methoxy groups -OCH3 is 1. The highest BCUT2D eigenvalue weighted by molar-refractivity contribution is 6.36. The van der Waals surface area contributed by atoms with E-state index in [0.717, 1.165) is 6.42 Å². The fourth-order valence-corrected chi connectivity index (χ4v) is 2.56. The van der Waals surface area contributed by atoms with Crippen LogP contribution in [0.3, 0.4) is 0 Å². The van der Waals surface area contributed by atoms with Gasteiger partial charge in [0.2, 0.25) is 0 Å². The average Bonchev–Trinajstić information content (AvgIpc) is 2.49. The molecule has 7 heteroatoms. The van der Waals surface area contributed by atoms with Crippen molar-refractivity contribution in [2.45, 2.75) is 19.4 Å². The first kappa shape index (κ1) is 16.8. The normalized spacial score (nSPS) is 12.2. The molecule has 0 saturated carbocycles. The van der Waals surface area contributed by atoms with Gasteiger partial charge in [-0.1, -0.05) is 30.1 Å². The first-order chi connectivity index (χ1) is 10.6. The van der Waals surface area contributed by atoms with Gasteiger partial charge >= 0.3 is 0 Å². The summed E-state index contributed by atoms with van der Waals surface area (Å²) < 4.78 is 5.17. The number of nitrogens with two attached hydrogens (primary N) is 1. The molecule has 0 unspecified atom stereocenters. The van der Waals surface area contributed by atoms with Gasteiger partial charge in [-0.3, -0.25) is 0 Å². The van der Waals surface area contributed by atoms with Crippen molar-refractivity contribution in [1.82, 2.24) is 9.97 Å². The molecule has 0 spiro atoms. The van der Waals surface area contributed by atoms with Crippen molar-refractivity contribution < 1.29 is 4.74 Å². The number of aromatic nitrogens is 2. The zero-order chi connectivity index (χ0) is 16.1. The molecule has 0 radical (unpaired) electrons. The zero-order valence-electron chi connectivity index (χ0n) is 12.4. The van der Waals surface area contributed by atoms with E-state index < -0.39 is 0 Å². The van der Waals surface area contributed by atoms with E-state index in [9.17, 15) is 0 Å². The SMILES string of the molecule is CC[C@@H](COC)Nc1ncnc(-c2ccc(Cl)cc2Cl)c1N. The van der Waals surface area contributed by atoms with Crippen molar-refractivity contribution in [1.29, 1.82) is 0 Å². The second-order valence-electron chi connectivity index (χ2n) is 4.81. The molecule has 1 heterocycles. The Hall–Kier alpha value is -1.56. The third-order valence-corrected chi connectivity index (χ3v) is 3.82. The lowest BCUT2D eigenvalue weighted by Gasteiger charge is -2.18. The summed E-state index contributed by atoms with van der Waals surface area (Å²) in [4.78, 5) is 8.45. The predicted molar refractivity (Wildman–Crippen MR) is 91.5 cm³/mol. The van der Waals surface area contributed by atoms with Crippen molar-refractivity contribution >= 4 is 34.7 Å². The molecular weight excluding hydrogens is 323 g/mol. The number of hydrogen-bond acceptors (Lipinski definition) is 5. The molecule has 0 saturated heterocycles. The van der Waals surface area contributed by atoms with Gasteiger partial charge in [0.05, 0.1) is 17.7 Å². The summed E-state index contributed by atoms with van der Waals surface area (Å²) in [5.74, 6) is 0.569. The number of anilines is 2. The molecule has 0 aliphatic carbocycles. The lowest BCUT2D eigenvalue weighted by Crippen LogP contribution is -2.25. The zero-order valence-corrected chi connectivity index (χ0v) is 13.9. The van der Waals surface area contributed by atoms with Crippen molar-refractivity contribution in [3.05, 3.63) is 34.6 Å². The Labute approximate surface area is 139 Å². The summed E-state index contributed by atoms with van der Waals surface area (Å²) in [6.45, 7) is 2.63. The summed E-state index contributed by atoms with van der Waals surface area (Å²) in [5, 5.41) is 4.32. The van der Waals surface area contributed by atoms with Crippen LogP contribution in [-0.4, -0.2) is 29.7 Å². The maximum absolute atomic E-state index is 6.23. The Morgan fingerprint density at radius 1 is 1.32 bits per heavy atom. The van der Waals surface area contributed by atoms with Crippen LogP contribution in [-0.2, 0) is 4.74 Å². The third kappa shape index (κ3) is 3.80. The maximum Gasteiger partial charge on any atom is 0.153 e. The van der Waals surface area contributed by atoms with Crippen LogP contribution in [0, 0.1) is 0 Å². The second kappa shape index (κ2) is 7.63. The Morgan fingerprint density at radius 3 is 2.73 bits per heavy atom. The molecule has 2 rings (SSSR count). The Bertz CT molecular complexity index is 651. The highest BCUT2D eigenvalue weighted by Crippen LogP contribution is 2.34. The summed E-state index contributed by atoms with van der Waals surface area (Å²) in [7, 11) is 1.66. The summed E-state index contributed by atoms with van der Waals surface area (Å²) in [5.41, 5.74) is 7.94. The minimum atomic E-state index is 0.121. The van der Waals surface area contributed by atoms with Crippen LogP contribution in [0.4, 0.5) is 11.5 Å². The third-order valence-electron chi connectivity index (χ3n) is 3.27. The van der Waals surface area contributed by atoms with E-state index in [0.29, 0.717) is 39.4 Å². The number of benzene rings is 1. The van der Waals surface area contributed by atoms with Crippen LogP contribution in [0.2, 0.25) is 10.0 Å². The van der Waals surface area contributed by atoms with E-state index in [1.165, 1.54) is 6.33 Å². The van der Waals surface area contributed by atoms with E-state index in [-0.39, 0.29) is 6.04 Å². The van der Waals surface area contributed by atoms with Crippen molar-refractivity contribution in [2.75, 3.05) is 24.8 Å². The molecule has 0 aliphatic rings. The number of nitrogens with one attached hydrogen (secondary N) is 1. The van der Waals surface area contributed by atoms with Gasteiger partial charge in [-0.2, -0.15) is 0 Å². The van der Waals surface area contributed by atoms with E-state index >= 15 is 0 Å². The van der Waals surface area contributed by atoms with Crippen LogP contribution >= 0.6 is 23.2 Å². The highest BCUT2D eigenvalue weighted by atomic mass is 35.5. The van der Waals surface area contributed by atoms with Gasteiger partial charge in [0.25, 0.3) is 0 Å². The average molecular weight is 341 g/mol. The molecular formula is C15H18Cl2N4O. The van der Waals surface area contributed by atoms with Crippen molar-refractivity contribution in [3.8, 4) is 11.3 Å². The minimum Gasteiger partial charge on any atom is -0.394 e. The number of rotatable bonds is 6. The molecule has 1 aromatic carbocycles. The van der Waals surface area contributed by atoms with E-state index in [1.807, 2.05) is 0 Å². The van der Waals surface area contributed by atoms with Crippen molar-refractivity contribution in [2.24, 2.45) is 0 Å². The van der Waals surface area contributed by atoms with E-state index in [2.05, 4.69) is 22.2 Å². The fraction of sp³-hybridized carbons (Fsp3) is 0.333. The molecule has 0 bridgehead atoms. The van der Waals surface area contributed by atoms with Crippen LogP contribution in [0.15, 0.2) is 24.5 Å². The second-order valence-corrected chi connectivity index (χ2v) is 5.66. The number of ether oxygens (including phenoxy) is 1. The molecule has 22 heavy (non-hydrogen) atoms. The highest BCUT2D eigenvalue weighted by Gasteiger charge is 2.15. The molecule has 5 nitrogen and oxygen atoms in total. The van der Waals surface area contributed by atoms with Crippen LogP contribution in [0.1, 0.15) is 13.3 Å². The van der Waals surface area contributed by atoms with E-state index in [4.69, 9.17) is 33.7 Å². The van der Waals surface area contributed by atoms with Gasteiger partial charge in [0.15, 0.2) is 5.82 Å². The van der Waals surface area contributed by atoms with Crippen LogP contribution < -0.4 is 11.1 Å². The number of nitrogen functional groups attached to an aromatic ring is 1. The Morgan fingerprint density at radius 2 is 2.09 bits per heavy atom. The Balaban J connectivity index is 2.37. The van der Waals surface area contributed by atoms with Gasteiger partial charge in [-0.25, -0.2) is 9.97 Å². The minimum absolute atomic E-state index is 0.121. The molecule has 118 valence electrons. The van der Waals surface area contributed by atoms with Crippen LogP contribution in [0.5, 0.6) is 0 Å². The first-order valence-electron chi connectivity index (χ1n) is 6.88. The lowest BCUT2D eigenvalue weighted by atomic mass is 10.1. The quantitative estimate of drug-likeness (QED) is 0.834. The summed E-state index contributed by atoms with van der Waals surface area (Å²) >= 11 is 12.2. The van der Waals surface area contributed by atoms with Gasteiger partial charge in [0, 0.05) is 17.7 Å². The fourth-order valence-electron chi connectivity index (χ4n) is 2.06. The number of halogens is 2. The monoisotopic (exact) mass is 340 g/mol. The molecule has 0 fully saturated rings. The van der Waals surface area contributed by atoms with E-state index in [1.54, 1.807) is 25.3 Å². The standard InChI is InChI=1S/C15H18Cl2N4O/c1-3-10(7-22-2)21-15-13(18)14(19-8-20-15)11-5-4-9(16)6-12(11)17/h4-6,8,10H,3,7,18H2,1-2H3,(H,19,20,21)/t10-/m0/s1. The molecule has 3 N–H and O–H groups in total. The summed E-state index contributed by atoms with van der Waals surface area (Å²) in [6.07, 6.45) is 2.34. The van der Waals surface area contributed by atoms with Gasteiger partial charge < -0.3 is 15.8 Å². The molecule has 2 aromatic rings. The van der Waals surface area contributed by atoms with Crippen LogP contribution in [0.25, 0.3) is 11.3 Å². The molecule has 1 aromatic heterocycles. The van der Waals surface area contributed by atoms with Gasteiger partial charge in [0.1, 0.15) is 17.7 Å². The van der Waals surface area contributed by atoms with Gasteiger partial charge in [-0.05, 0) is 24.6 Å². The van der Waals surface area contributed by atoms with Gasteiger partial charge in [-0.15, -0.1) is 0 Å². The summed E-state index contributed by atoms with van der Waals surface area (Å²) in [6, 6.07) is 5.32. The molecule has 0 amide bonds. The lowest BCUT2D eigenvalue weighted by molar-refractivity contribution is 0.184. The first-order valence-corrected chi connectivity index (χ1v) is 7.63. The molecule has 1 atom stereocenters. The molecule has 0 aliphatic heterocycles. The number of nitrogens with zero attached hydrogens (tertiary/aromatic N) is 2. The number of hydrogen-bond donors (Lipinski definition) is 2. The maximum atomic E-state index is 6.23. The topological polar surface area (TPSA) is 73.1 Å².